The van der Waals surface area contributed by atoms with Crippen molar-refractivity contribution >= 4 is 40.0 Å². The molecule has 5 rings (SSSR count). The van der Waals surface area contributed by atoms with Crippen molar-refractivity contribution in [2.24, 2.45) is 5.41 Å². The summed E-state index contributed by atoms with van der Waals surface area (Å²) in [5, 5.41) is 3.56. The van der Waals surface area contributed by atoms with E-state index in [2.05, 4.69) is 0 Å². The molecule has 0 aliphatic carbocycles. The maximum absolute atomic E-state index is 13.1. The minimum Gasteiger partial charge on any atom is -0.465 e. The van der Waals surface area contributed by atoms with Gasteiger partial charge in [0.05, 0.1) is 14.2 Å². The van der Waals surface area contributed by atoms with E-state index in [1.165, 1.54) is 14.2 Å². The first-order chi connectivity index (χ1) is 16.8. The number of carbonyl (C=O) groups is 2. The number of rotatable bonds is 5. The summed E-state index contributed by atoms with van der Waals surface area (Å²) in [6.45, 7) is 4.04. The molecule has 0 unspecified atom stereocenters. The van der Waals surface area contributed by atoms with E-state index in [9.17, 15) is 9.59 Å². The molecule has 3 heterocycles. The van der Waals surface area contributed by atoms with Gasteiger partial charge in [-0.1, -0.05) is 67.5 Å². The van der Waals surface area contributed by atoms with Crippen molar-refractivity contribution in [1.82, 2.24) is 5.06 Å². The van der Waals surface area contributed by atoms with Crippen molar-refractivity contribution in [3.63, 3.8) is 0 Å². The Morgan fingerprint density at radius 2 is 1.71 bits per heavy atom. The van der Waals surface area contributed by atoms with E-state index in [0.717, 1.165) is 27.5 Å². The standard InChI is InChI=1S/C27H27NO7/c1-26(2)15-27(20(23(29)31-3)22(24(30)32-4)35-28(27)25(26)33-5)14-13-16-9-8-11-18-17-10-6-7-12-19(17)34-21(16)18/h6-14,25H,15H2,1-5H3/b14-13+/t25-,27+/m0/s1. The molecule has 8 nitrogen and oxygen atoms in total. The Morgan fingerprint density at radius 1 is 1.00 bits per heavy atom. The first-order valence-corrected chi connectivity index (χ1v) is 11.3. The number of hydroxylamine groups is 2. The molecule has 3 aromatic rings. The summed E-state index contributed by atoms with van der Waals surface area (Å²) < 4.78 is 21.9. The Hall–Kier alpha value is -3.62. The number of benzene rings is 2. The van der Waals surface area contributed by atoms with Gasteiger partial charge in [-0.2, -0.15) is 0 Å². The lowest BCUT2D eigenvalue weighted by atomic mass is 9.78. The number of carbonyl (C=O) groups excluding carboxylic acids is 2. The molecule has 2 atom stereocenters. The highest BCUT2D eigenvalue weighted by molar-refractivity contribution is 6.07. The van der Waals surface area contributed by atoms with Gasteiger partial charge in [0, 0.05) is 28.9 Å². The summed E-state index contributed by atoms with van der Waals surface area (Å²) in [4.78, 5) is 31.6. The van der Waals surface area contributed by atoms with Gasteiger partial charge in [-0.25, -0.2) is 9.59 Å². The topological polar surface area (TPSA) is 87.4 Å². The minimum atomic E-state index is -1.13. The van der Waals surface area contributed by atoms with Crippen molar-refractivity contribution in [2.45, 2.75) is 32.0 Å². The normalized spacial score (nSPS) is 23.7. The number of para-hydroxylation sites is 2. The molecule has 1 fully saturated rings. The lowest BCUT2D eigenvalue weighted by Gasteiger charge is -2.31. The molecule has 2 aliphatic heterocycles. The first kappa shape index (κ1) is 23.1. The van der Waals surface area contributed by atoms with E-state index >= 15 is 0 Å². The molecule has 0 radical (unpaired) electrons. The SMILES string of the molecule is COC(=O)C1=C(C(=O)OC)[C@@]2(/C=C/c3cccc4c3oc3ccccc34)CC(C)(C)[C@H](OC)N2O1. The molecule has 1 aromatic heterocycles. The van der Waals surface area contributed by atoms with Gasteiger partial charge in [-0.05, 0) is 12.5 Å². The maximum atomic E-state index is 13.1. The van der Waals surface area contributed by atoms with Gasteiger partial charge in [0.1, 0.15) is 28.5 Å². The second kappa shape index (κ2) is 8.25. The lowest BCUT2D eigenvalue weighted by Crippen LogP contribution is -2.45. The summed E-state index contributed by atoms with van der Waals surface area (Å²) in [6, 6.07) is 13.8. The van der Waals surface area contributed by atoms with Crippen LogP contribution in [0.2, 0.25) is 0 Å². The second-order valence-corrected chi connectivity index (χ2v) is 9.44. The molecule has 0 saturated carbocycles. The van der Waals surface area contributed by atoms with Crippen LogP contribution in [0, 0.1) is 5.41 Å². The van der Waals surface area contributed by atoms with E-state index in [1.807, 2.05) is 68.5 Å². The molecule has 0 N–H and O–H groups in total. The third kappa shape index (κ3) is 3.36. The lowest BCUT2D eigenvalue weighted by molar-refractivity contribution is -0.231. The predicted octanol–water partition coefficient (Wildman–Crippen LogP) is 4.59. The van der Waals surface area contributed by atoms with E-state index in [-0.39, 0.29) is 11.3 Å². The molecule has 0 bridgehead atoms. The van der Waals surface area contributed by atoms with Crippen LogP contribution in [0.3, 0.4) is 0 Å². The summed E-state index contributed by atoms with van der Waals surface area (Å²) >= 11 is 0. The molecule has 0 amide bonds. The fourth-order valence-electron chi connectivity index (χ4n) is 5.42. The average molecular weight is 478 g/mol. The van der Waals surface area contributed by atoms with Crippen LogP contribution in [0.1, 0.15) is 25.8 Å². The summed E-state index contributed by atoms with van der Waals surface area (Å²) in [5.41, 5.74) is 0.858. The predicted molar refractivity (Wildman–Crippen MR) is 129 cm³/mol. The number of methoxy groups -OCH3 is 3. The molecule has 0 spiro atoms. The third-order valence-electron chi connectivity index (χ3n) is 6.81. The Labute approximate surface area is 202 Å². The fourth-order valence-corrected chi connectivity index (χ4v) is 5.42. The second-order valence-electron chi connectivity index (χ2n) is 9.44. The van der Waals surface area contributed by atoms with E-state index in [1.54, 1.807) is 12.2 Å². The van der Waals surface area contributed by atoms with Crippen molar-refractivity contribution < 1.29 is 33.1 Å². The van der Waals surface area contributed by atoms with Crippen molar-refractivity contribution in [3.05, 3.63) is 65.4 Å². The van der Waals surface area contributed by atoms with Gasteiger partial charge in [-0.3, -0.25) is 0 Å². The number of nitrogens with zero attached hydrogens (tertiary/aromatic N) is 1. The zero-order chi connectivity index (χ0) is 25.0. The summed E-state index contributed by atoms with van der Waals surface area (Å²) in [5.74, 6) is -1.64. The highest BCUT2D eigenvalue weighted by atomic mass is 16.7. The Balaban J connectivity index is 1.71. The quantitative estimate of drug-likeness (QED) is 0.493. The van der Waals surface area contributed by atoms with Gasteiger partial charge in [0.15, 0.2) is 0 Å². The van der Waals surface area contributed by atoms with Crippen LogP contribution in [-0.4, -0.2) is 50.1 Å². The van der Waals surface area contributed by atoms with E-state index in [4.69, 9.17) is 23.5 Å². The van der Waals surface area contributed by atoms with Crippen molar-refractivity contribution in [1.29, 1.82) is 0 Å². The molecule has 2 aromatic carbocycles. The molecule has 2 aliphatic rings. The number of hydrogen-bond donors (Lipinski definition) is 0. The zero-order valence-electron chi connectivity index (χ0n) is 20.3. The zero-order valence-corrected chi connectivity index (χ0v) is 20.3. The first-order valence-electron chi connectivity index (χ1n) is 11.3. The fraction of sp³-hybridized carbons (Fsp3) is 0.333. The maximum Gasteiger partial charge on any atom is 0.376 e. The highest BCUT2D eigenvalue weighted by Gasteiger charge is 2.65. The van der Waals surface area contributed by atoms with Crippen LogP contribution in [0.4, 0.5) is 0 Å². The largest absolute Gasteiger partial charge is 0.465 e. The molecular weight excluding hydrogens is 450 g/mol. The van der Waals surface area contributed by atoms with E-state index in [0.29, 0.717) is 6.42 Å². The van der Waals surface area contributed by atoms with Gasteiger partial charge < -0.3 is 23.5 Å². The number of esters is 2. The Kier molecular flexibility index (Phi) is 5.45. The molecule has 1 saturated heterocycles. The van der Waals surface area contributed by atoms with Crippen LogP contribution in [-0.2, 0) is 28.6 Å². The number of furan rings is 1. The minimum absolute atomic E-state index is 0.0764. The Bertz CT molecular complexity index is 1400. The third-order valence-corrected chi connectivity index (χ3v) is 6.81. The van der Waals surface area contributed by atoms with E-state index < -0.39 is 29.1 Å². The van der Waals surface area contributed by atoms with Crippen LogP contribution in [0.25, 0.3) is 28.0 Å². The van der Waals surface area contributed by atoms with Crippen LogP contribution in [0.5, 0.6) is 0 Å². The Morgan fingerprint density at radius 3 is 2.43 bits per heavy atom. The number of fused-ring (bicyclic) bond motifs is 4. The number of ether oxygens (including phenoxy) is 3. The summed E-state index contributed by atoms with van der Waals surface area (Å²) in [7, 11) is 4.07. The van der Waals surface area contributed by atoms with Crippen LogP contribution in [0.15, 0.2) is 64.3 Å². The van der Waals surface area contributed by atoms with Crippen molar-refractivity contribution in [2.75, 3.05) is 21.3 Å². The monoisotopic (exact) mass is 477 g/mol. The van der Waals surface area contributed by atoms with Crippen LogP contribution < -0.4 is 0 Å². The van der Waals surface area contributed by atoms with Gasteiger partial charge >= 0.3 is 11.9 Å². The smallest absolute Gasteiger partial charge is 0.376 e. The average Bonchev–Trinajstić information content (AvgIpc) is 3.45. The molecular formula is C27H27NO7. The van der Waals surface area contributed by atoms with Crippen LogP contribution >= 0.6 is 0 Å². The summed E-state index contributed by atoms with van der Waals surface area (Å²) in [6.07, 6.45) is 3.63. The molecule has 182 valence electrons. The number of hydrogen-bond acceptors (Lipinski definition) is 8. The van der Waals surface area contributed by atoms with Gasteiger partial charge in [0.2, 0.25) is 5.76 Å². The van der Waals surface area contributed by atoms with Gasteiger partial charge in [-0.15, -0.1) is 0 Å². The molecule has 35 heavy (non-hydrogen) atoms. The van der Waals surface area contributed by atoms with Crippen molar-refractivity contribution in [3.8, 4) is 0 Å². The highest BCUT2D eigenvalue weighted by Crippen LogP contribution is 2.55. The van der Waals surface area contributed by atoms with Gasteiger partial charge in [0.25, 0.3) is 0 Å². The molecule has 8 heteroatoms.